The van der Waals surface area contributed by atoms with Gasteiger partial charge in [-0.15, -0.1) is 11.8 Å². The number of hydrogen-bond donors (Lipinski definition) is 0. The first-order chi connectivity index (χ1) is 7.79. The SMILES string of the molecule is C[PH](=S)Cc1ccccc1.[Y].[c-]1ccccc1. The average molecular weight is 336 g/mol. The summed E-state index contributed by atoms with van der Waals surface area (Å²) in [5, 5.41) is 0. The molecule has 0 nitrogen and oxygen atoms in total. The predicted octanol–water partition coefficient (Wildman–Crippen LogP) is 3.98. The Bertz CT molecular complexity index is 376. The fourth-order valence-electron chi connectivity index (χ4n) is 1.23. The van der Waals surface area contributed by atoms with E-state index in [1.807, 2.05) is 36.4 Å². The molecule has 0 amide bonds. The second-order valence-corrected chi connectivity index (χ2v) is 7.29. The molecule has 0 N–H and O–H groups in total. The fraction of sp³-hybridized carbons (Fsp3) is 0.143. The van der Waals surface area contributed by atoms with E-state index in [0.717, 1.165) is 6.16 Å². The van der Waals surface area contributed by atoms with Gasteiger partial charge in [0.2, 0.25) is 0 Å². The zero-order valence-corrected chi connectivity index (χ0v) is 14.6. The van der Waals surface area contributed by atoms with E-state index in [9.17, 15) is 0 Å². The van der Waals surface area contributed by atoms with Crippen LogP contribution in [0.5, 0.6) is 0 Å². The standard InChI is InChI=1S/C8H11PS.C6H5.Y/c1-9(10)7-8-5-3-2-4-6-8;1-2-4-6-5-3-1;/h2-6,9H,7H2,1H3;1-5H;/q;-1;. The summed E-state index contributed by atoms with van der Waals surface area (Å²) < 4.78 is 0. The van der Waals surface area contributed by atoms with E-state index in [2.05, 4.69) is 37.0 Å². The summed E-state index contributed by atoms with van der Waals surface area (Å²) >= 11 is 5.16. The van der Waals surface area contributed by atoms with E-state index >= 15 is 0 Å². The zero-order valence-electron chi connectivity index (χ0n) is 9.97. The van der Waals surface area contributed by atoms with Crippen molar-refractivity contribution in [2.24, 2.45) is 0 Å². The van der Waals surface area contributed by atoms with Crippen molar-refractivity contribution in [3.8, 4) is 0 Å². The van der Waals surface area contributed by atoms with Gasteiger partial charge in [-0.3, -0.25) is 0 Å². The Balaban J connectivity index is 0.000000316. The molecule has 0 aromatic heterocycles. The summed E-state index contributed by atoms with van der Waals surface area (Å²) in [4.78, 5) is 0. The van der Waals surface area contributed by atoms with E-state index in [4.69, 9.17) is 11.8 Å². The maximum Gasteiger partial charge on any atom is 0 e. The smallest absolute Gasteiger partial charge is 0 e. The molecular formula is C14H16PSY-. The van der Waals surface area contributed by atoms with Crippen molar-refractivity contribution >= 4 is 18.5 Å². The van der Waals surface area contributed by atoms with E-state index < -0.39 is 6.70 Å². The van der Waals surface area contributed by atoms with Crippen molar-refractivity contribution in [3.63, 3.8) is 0 Å². The minimum atomic E-state index is -0.504. The van der Waals surface area contributed by atoms with Crippen molar-refractivity contribution in [3.05, 3.63) is 72.3 Å². The molecule has 0 saturated carbocycles. The van der Waals surface area contributed by atoms with Gasteiger partial charge in [0, 0.05) is 32.7 Å². The van der Waals surface area contributed by atoms with Gasteiger partial charge in [0.15, 0.2) is 0 Å². The number of rotatable bonds is 2. The Hall–Kier alpha value is 0.194. The summed E-state index contributed by atoms with van der Waals surface area (Å²) in [6.45, 7) is 1.66. The van der Waals surface area contributed by atoms with Crippen LogP contribution in [0.1, 0.15) is 5.56 Å². The van der Waals surface area contributed by atoms with Gasteiger partial charge < -0.3 is 0 Å². The third-order valence-electron chi connectivity index (χ3n) is 1.90. The van der Waals surface area contributed by atoms with Gasteiger partial charge in [0.05, 0.1) is 0 Å². The van der Waals surface area contributed by atoms with Crippen molar-refractivity contribution in [2.75, 3.05) is 6.66 Å². The summed E-state index contributed by atoms with van der Waals surface area (Å²) in [6.07, 6.45) is 1.11. The minimum absolute atomic E-state index is 0. The van der Waals surface area contributed by atoms with Gasteiger partial charge in [-0.05, 0) is 18.4 Å². The Morgan fingerprint density at radius 3 is 1.88 bits per heavy atom. The van der Waals surface area contributed by atoms with Crippen LogP contribution in [0.3, 0.4) is 0 Å². The molecule has 87 valence electrons. The number of hydrogen-bond acceptors (Lipinski definition) is 1. The molecule has 3 heteroatoms. The quantitative estimate of drug-likeness (QED) is 0.591. The molecule has 2 rings (SSSR count). The molecule has 0 aliphatic carbocycles. The maximum absolute atomic E-state index is 5.16. The molecule has 17 heavy (non-hydrogen) atoms. The van der Waals surface area contributed by atoms with Gasteiger partial charge in [0.1, 0.15) is 0 Å². The van der Waals surface area contributed by atoms with Gasteiger partial charge in [-0.2, -0.15) is 36.4 Å². The molecule has 0 aliphatic heterocycles. The van der Waals surface area contributed by atoms with Crippen molar-refractivity contribution in [1.29, 1.82) is 0 Å². The summed E-state index contributed by atoms with van der Waals surface area (Å²) in [5.41, 5.74) is 1.38. The Kier molecular flexibility index (Phi) is 11.4. The molecule has 0 fully saturated rings. The second-order valence-electron chi connectivity index (χ2n) is 3.44. The topological polar surface area (TPSA) is 0 Å². The summed E-state index contributed by atoms with van der Waals surface area (Å²) in [7, 11) is 0. The fourth-order valence-corrected chi connectivity index (χ4v) is 2.54. The van der Waals surface area contributed by atoms with Crippen LogP contribution in [-0.4, -0.2) is 6.66 Å². The third-order valence-corrected chi connectivity index (χ3v) is 3.24. The van der Waals surface area contributed by atoms with Crippen LogP contribution < -0.4 is 0 Å². The first-order valence-electron chi connectivity index (χ1n) is 5.23. The van der Waals surface area contributed by atoms with Crippen molar-refractivity contribution < 1.29 is 32.7 Å². The molecule has 1 unspecified atom stereocenters. The van der Waals surface area contributed by atoms with E-state index in [-0.39, 0.29) is 32.7 Å². The van der Waals surface area contributed by atoms with Crippen molar-refractivity contribution in [2.45, 2.75) is 6.16 Å². The second kappa shape index (κ2) is 11.3. The molecule has 1 atom stereocenters. The Morgan fingerprint density at radius 2 is 1.53 bits per heavy atom. The molecule has 2 aromatic carbocycles. The van der Waals surface area contributed by atoms with Gasteiger partial charge in [-0.1, -0.05) is 37.0 Å². The Morgan fingerprint density at radius 1 is 1.00 bits per heavy atom. The molecule has 0 saturated heterocycles. The molecule has 1 radical (unpaired) electrons. The predicted molar refractivity (Wildman–Crippen MR) is 77.0 cm³/mol. The molecular weight excluding hydrogens is 320 g/mol. The largest absolute Gasteiger partial charge is 0.184 e. The normalized spacial score (nSPS) is 10.4. The first-order valence-corrected chi connectivity index (χ1v) is 8.57. The van der Waals surface area contributed by atoms with Gasteiger partial charge >= 0.3 is 0 Å². The van der Waals surface area contributed by atoms with Crippen LogP contribution in [0.25, 0.3) is 0 Å². The monoisotopic (exact) mass is 336 g/mol. The van der Waals surface area contributed by atoms with E-state index in [0.29, 0.717) is 0 Å². The van der Waals surface area contributed by atoms with Crippen LogP contribution in [0.15, 0.2) is 60.7 Å². The van der Waals surface area contributed by atoms with Crippen LogP contribution in [-0.2, 0) is 50.7 Å². The van der Waals surface area contributed by atoms with Crippen LogP contribution >= 0.6 is 6.70 Å². The van der Waals surface area contributed by atoms with E-state index in [1.165, 1.54) is 5.56 Å². The molecule has 2 aromatic rings. The minimum Gasteiger partial charge on any atom is -0.184 e. The summed E-state index contributed by atoms with van der Waals surface area (Å²) in [5.74, 6) is 0. The van der Waals surface area contributed by atoms with Gasteiger partial charge in [0.25, 0.3) is 0 Å². The molecule has 0 spiro atoms. The van der Waals surface area contributed by atoms with Crippen LogP contribution in [0, 0.1) is 6.07 Å². The average Bonchev–Trinajstić information content (AvgIpc) is 2.32. The van der Waals surface area contributed by atoms with Crippen LogP contribution in [0.2, 0.25) is 0 Å². The Labute approximate surface area is 135 Å². The van der Waals surface area contributed by atoms with Crippen LogP contribution in [0.4, 0.5) is 0 Å². The molecule has 0 bridgehead atoms. The van der Waals surface area contributed by atoms with E-state index in [1.54, 1.807) is 0 Å². The number of benzene rings is 2. The molecule has 0 aliphatic rings. The maximum atomic E-state index is 5.16. The molecule has 0 heterocycles. The van der Waals surface area contributed by atoms with Gasteiger partial charge in [-0.25, -0.2) is 0 Å². The zero-order chi connectivity index (χ0) is 11.6. The third kappa shape index (κ3) is 9.86. The first kappa shape index (κ1) is 17.2. The van der Waals surface area contributed by atoms with Crippen molar-refractivity contribution in [1.82, 2.24) is 0 Å². The summed E-state index contributed by atoms with van der Waals surface area (Å²) in [6, 6.07) is 22.9.